The Morgan fingerprint density at radius 2 is 1.93 bits per heavy atom. The van der Waals surface area contributed by atoms with Gasteiger partial charge in [-0.05, 0) is 19.4 Å². The molecule has 0 radical (unpaired) electrons. The predicted molar refractivity (Wildman–Crippen MR) is 67.5 cm³/mol. The molecule has 0 saturated heterocycles. The normalized spacial score (nSPS) is 14.7. The zero-order valence-corrected chi connectivity index (χ0v) is 11.4. The number of rotatable bonds is 5. The minimum absolute atomic E-state index is 0.122. The van der Waals surface area contributed by atoms with Gasteiger partial charge in [-0.3, -0.25) is 4.79 Å². The molecule has 0 aliphatic carbocycles. The highest BCUT2D eigenvalue weighted by Gasteiger charge is 2.05. The van der Waals surface area contributed by atoms with Crippen LogP contribution in [0.4, 0.5) is 0 Å². The van der Waals surface area contributed by atoms with Gasteiger partial charge in [-0.25, -0.2) is 0 Å². The third-order valence-corrected chi connectivity index (χ3v) is 2.88. The lowest BCUT2D eigenvalue weighted by molar-refractivity contribution is -0.143. The largest absolute Gasteiger partial charge is 0.459 e. The summed E-state index contributed by atoms with van der Waals surface area (Å²) < 4.78 is 4.96. The molecule has 0 aromatic carbocycles. The summed E-state index contributed by atoms with van der Waals surface area (Å²) in [7, 11) is -1.06. The van der Waals surface area contributed by atoms with Crippen LogP contribution in [0.2, 0.25) is 19.6 Å². The molecule has 86 valence electrons. The van der Waals surface area contributed by atoms with E-state index in [1.165, 1.54) is 6.92 Å². The van der Waals surface area contributed by atoms with E-state index in [1.807, 2.05) is 19.1 Å². The summed E-state index contributed by atoms with van der Waals surface area (Å²) >= 11 is 0. The van der Waals surface area contributed by atoms with Crippen molar-refractivity contribution in [3.05, 3.63) is 23.9 Å². The topological polar surface area (TPSA) is 26.3 Å². The second kappa shape index (κ2) is 6.61. The average molecular weight is 226 g/mol. The zero-order chi connectivity index (χ0) is 11.9. The van der Waals surface area contributed by atoms with Gasteiger partial charge in [-0.1, -0.05) is 37.5 Å². The number of hydrogen-bond donors (Lipinski definition) is 0. The van der Waals surface area contributed by atoms with Crippen molar-refractivity contribution in [2.45, 2.75) is 46.0 Å². The molecule has 15 heavy (non-hydrogen) atoms. The highest BCUT2D eigenvalue weighted by molar-refractivity contribution is 6.80. The molecule has 0 aliphatic rings. The first-order chi connectivity index (χ1) is 6.81. The Kier molecular flexibility index (Phi) is 6.25. The second-order valence-electron chi connectivity index (χ2n) is 4.75. The average Bonchev–Trinajstić information content (AvgIpc) is 1.99. The highest BCUT2D eigenvalue weighted by Crippen LogP contribution is 2.03. The summed E-state index contributed by atoms with van der Waals surface area (Å²) in [5, 5.41) is 0. The van der Waals surface area contributed by atoms with Crippen LogP contribution in [0.15, 0.2) is 23.9 Å². The highest BCUT2D eigenvalue weighted by atomic mass is 28.3. The van der Waals surface area contributed by atoms with Gasteiger partial charge in [-0.2, -0.15) is 0 Å². The number of esters is 1. The molecule has 0 spiro atoms. The fourth-order valence-electron chi connectivity index (χ4n) is 1.07. The summed E-state index contributed by atoms with van der Waals surface area (Å²) in [5.74, 6) is -0.232. The molecular formula is C12H22O2Si. The number of carbonyl (C=O) groups excluding carboxylic acids is 1. The zero-order valence-electron chi connectivity index (χ0n) is 10.4. The molecule has 0 aromatic rings. The van der Waals surface area contributed by atoms with Gasteiger partial charge in [0, 0.05) is 6.92 Å². The molecule has 0 heterocycles. The van der Waals surface area contributed by atoms with Crippen LogP contribution < -0.4 is 0 Å². The summed E-state index contributed by atoms with van der Waals surface area (Å²) in [6, 6.07) is 0. The minimum Gasteiger partial charge on any atom is -0.459 e. The Morgan fingerprint density at radius 1 is 1.33 bits per heavy atom. The molecule has 0 unspecified atom stereocenters. The maximum atomic E-state index is 10.6. The van der Waals surface area contributed by atoms with Crippen LogP contribution in [0.1, 0.15) is 20.3 Å². The molecule has 0 bridgehead atoms. The van der Waals surface area contributed by atoms with Gasteiger partial charge in [-0.15, -0.1) is 0 Å². The van der Waals surface area contributed by atoms with Crippen molar-refractivity contribution in [1.29, 1.82) is 0 Å². The second-order valence-corrected chi connectivity index (χ2v) is 9.81. The van der Waals surface area contributed by atoms with E-state index in [0.29, 0.717) is 0 Å². The van der Waals surface area contributed by atoms with Crippen molar-refractivity contribution in [2.24, 2.45) is 0 Å². The first kappa shape index (κ1) is 14.2. The fourth-order valence-corrected chi connectivity index (χ4v) is 1.91. The molecule has 0 amide bonds. The van der Waals surface area contributed by atoms with E-state index >= 15 is 0 Å². The molecule has 0 aliphatic heterocycles. The van der Waals surface area contributed by atoms with E-state index in [-0.39, 0.29) is 12.1 Å². The quantitative estimate of drug-likeness (QED) is 0.408. The van der Waals surface area contributed by atoms with E-state index < -0.39 is 8.07 Å². The van der Waals surface area contributed by atoms with Gasteiger partial charge >= 0.3 is 5.97 Å². The van der Waals surface area contributed by atoms with Crippen molar-refractivity contribution in [3.63, 3.8) is 0 Å². The Labute approximate surface area is 94.0 Å². The van der Waals surface area contributed by atoms with Gasteiger partial charge in [0.2, 0.25) is 0 Å². The van der Waals surface area contributed by atoms with Crippen molar-refractivity contribution in [2.75, 3.05) is 0 Å². The monoisotopic (exact) mass is 226 g/mol. The Balaban J connectivity index is 3.81. The first-order valence-corrected chi connectivity index (χ1v) is 8.90. The number of allylic oxidation sites excluding steroid dienone is 2. The van der Waals surface area contributed by atoms with Gasteiger partial charge in [0.1, 0.15) is 6.10 Å². The van der Waals surface area contributed by atoms with Crippen LogP contribution in [0.3, 0.4) is 0 Å². The maximum absolute atomic E-state index is 10.6. The van der Waals surface area contributed by atoms with E-state index in [0.717, 1.165) is 6.42 Å². The summed E-state index contributed by atoms with van der Waals surface area (Å²) in [6.45, 7) is 10.2. The van der Waals surface area contributed by atoms with Crippen molar-refractivity contribution in [3.8, 4) is 0 Å². The number of ether oxygens (including phenoxy) is 1. The molecule has 3 heteroatoms. The van der Waals surface area contributed by atoms with Crippen LogP contribution >= 0.6 is 0 Å². The third kappa shape index (κ3) is 11.1. The Bertz CT molecular complexity index is 249. The molecule has 0 saturated carbocycles. The van der Waals surface area contributed by atoms with Crippen LogP contribution in [0, 0.1) is 0 Å². The predicted octanol–water partition coefficient (Wildman–Crippen LogP) is 3.32. The van der Waals surface area contributed by atoms with E-state index in [4.69, 9.17) is 4.74 Å². The Morgan fingerprint density at radius 3 is 2.40 bits per heavy atom. The lowest BCUT2D eigenvalue weighted by atomic mass is 10.3. The first-order valence-electron chi connectivity index (χ1n) is 5.33. The molecular weight excluding hydrogens is 204 g/mol. The minimum atomic E-state index is -1.06. The molecule has 0 fully saturated rings. The number of carbonyl (C=O) groups is 1. The molecule has 0 rings (SSSR count). The standard InChI is InChI=1S/C12H22O2Si/c1-11(14-12(2)13)9-7-6-8-10-15(3,4)5/h7-11H,6H2,1-5H3/b9-7-,10-8-/t11-/m0/s1. The van der Waals surface area contributed by atoms with E-state index in [2.05, 4.69) is 31.4 Å². The van der Waals surface area contributed by atoms with Gasteiger partial charge < -0.3 is 4.74 Å². The smallest absolute Gasteiger partial charge is 0.303 e. The molecule has 0 N–H and O–H groups in total. The van der Waals surface area contributed by atoms with Crippen molar-refractivity contribution in [1.82, 2.24) is 0 Å². The fraction of sp³-hybridized carbons (Fsp3) is 0.583. The van der Waals surface area contributed by atoms with Gasteiger partial charge in [0.25, 0.3) is 0 Å². The molecule has 1 atom stereocenters. The lowest BCUT2D eigenvalue weighted by Gasteiger charge is -2.07. The van der Waals surface area contributed by atoms with Crippen LogP contribution in [0.5, 0.6) is 0 Å². The van der Waals surface area contributed by atoms with Gasteiger partial charge in [0.15, 0.2) is 0 Å². The van der Waals surface area contributed by atoms with Crippen molar-refractivity contribution >= 4 is 14.0 Å². The molecule has 0 aromatic heterocycles. The number of hydrogen-bond acceptors (Lipinski definition) is 2. The lowest BCUT2D eigenvalue weighted by Crippen LogP contribution is -2.15. The van der Waals surface area contributed by atoms with Crippen molar-refractivity contribution < 1.29 is 9.53 Å². The van der Waals surface area contributed by atoms with Crippen LogP contribution in [-0.2, 0) is 9.53 Å². The van der Waals surface area contributed by atoms with E-state index in [9.17, 15) is 4.79 Å². The third-order valence-electron chi connectivity index (χ3n) is 1.65. The van der Waals surface area contributed by atoms with E-state index in [1.54, 1.807) is 0 Å². The van der Waals surface area contributed by atoms with Crippen LogP contribution in [-0.4, -0.2) is 20.1 Å². The summed E-state index contributed by atoms with van der Waals surface area (Å²) in [6.07, 6.45) is 6.92. The molecule has 2 nitrogen and oxygen atoms in total. The summed E-state index contributed by atoms with van der Waals surface area (Å²) in [4.78, 5) is 10.6. The van der Waals surface area contributed by atoms with Gasteiger partial charge in [0.05, 0.1) is 8.07 Å². The maximum Gasteiger partial charge on any atom is 0.303 e. The van der Waals surface area contributed by atoms with Crippen LogP contribution in [0.25, 0.3) is 0 Å². The summed E-state index contributed by atoms with van der Waals surface area (Å²) in [5.41, 5.74) is 2.31. The Hall–Kier alpha value is -0.833. The SMILES string of the molecule is CC(=O)O[C@@H](C)/C=C\C/C=C\[Si](C)(C)C.